The van der Waals surface area contributed by atoms with Gasteiger partial charge in [0.1, 0.15) is 0 Å². The van der Waals surface area contributed by atoms with E-state index in [2.05, 4.69) is 5.32 Å². The van der Waals surface area contributed by atoms with E-state index in [0.717, 1.165) is 5.56 Å². The van der Waals surface area contributed by atoms with Crippen LogP contribution in [0.4, 0.5) is 5.69 Å². The van der Waals surface area contributed by atoms with E-state index in [9.17, 15) is 4.79 Å². The van der Waals surface area contributed by atoms with Crippen LogP contribution >= 0.6 is 23.2 Å². The molecular formula is C15H13Cl2NO2. The highest BCUT2D eigenvalue weighted by Gasteiger charge is 2.10. The van der Waals surface area contributed by atoms with Gasteiger partial charge in [-0.2, -0.15) is 0 Å². The first-order valence-corrected chi connectivity index (χ1v) is 6.72. The predicted molar refractivity (Wildman–Crippen MR) is 81.6 cm³/mol. The van der Waals surface area contributed by atoms with Gasteiger partial charge in [-0.25, -0.2) is 4.79 Å². The molecule has 5 heteroatoms. The van der Waals surface area contributed by atoms with Gasteiger partial charge < -0.3 is 10.1 Å². The van der Waals surface area contributed by atoms with Crippen molar-refractivity contribution in [3.8, 4) is 0 Å². The number of para-hydroxylation sites is 1. The van der Waals surface area contributed by atoms with E-state index in [-0.39, 0.29) is 5.97 Å². The lowest BCUT2D eigenvalue weighted by molar-refractivity contribution is 0.0602. The normalized spacial score (nSPS) is 10.2. The van der Waals surface area contributed by atoms with Crippen molar-refractivity contribution in [1.29, 1.82) is 0 Å². The van der Waals surface area contributed by atoms with E-state index >= 15 is 0 Å². The number of esters is 1. The summed E-state index contributed by atoms with van der Waals surface area (Å²) in [6.45, 7) is 0.533. The Morgan fingerprint density at radius 3 is 2.60 bits per heavy atom. The fourth-order valence-corrected chi connectivity index (χ4v) is 2.09. The van der Waals surface area contributed by atoms with Crippen LogP contribution < -0.4 is 5.32 Å². The average Bonchev–Trinajstić information content (AvgIpc) is 2.48. The van der Waals surface area contributed by atoms with Crippen molar-refractivity contribution in [2.75, 3.05) is 12.4 Å². The lowest BCUT2D eigenvalue weighted by atomic mass is 10.1. The minimum absolute atomic E-state index is 0.373. The molecule has 2 aromatic carbocycles. The number of anilines is 1. The molecule has 0 amide bonds. The van der Waals surface area contributed by atoms with Gasteiger partial charge in [0.2, 0.25) is 0 Å². The second-order valence-corrected chi connectivity index (χ2v) is 4.95. The van der Waals surface area contributed by atoms with Crippen LogP contribution in [0.1, 0.15) is 15.9 Å². The summed E-state index contributed by atoms with van der Waals surface area (Å²) in [6.07, 6.45) is 0. The highest BCUT2D eigenvalue weighted by Crippen LogP contribution is 2.23. The molecule has 20 heavy (non-hydrogen) atoms. The van der Waals surface area contributed by atoms with Gasteiger partial charge in [-0.1, -0.05) is 41.4 Å². The van der Waals surface area contributed by atoms with Crippen LogP contribution in [0, 0.1) is 0 Å². The van der Waals surface area contributed by atoms with Gasteiger partial charge in [0.05, 0.1) is 22.7 Å². The maximum atomic E-state index is 11.6. The molecule has 0 aliphatic carbocycles. The van der Waals surface area contributed by atoms with Crippen LogP contribution in [0.5, 0.6) is 0 Å². The van der Waals surface area contributed by atoms with Gasteiger partial charge in [0.25, 0.3) is 0 Å². The van der Waals surface area contributed by atoms with Crippen molar-refractivity contribution in [2.45, 2.75) is 6.54 Å². The average molecular weight is 310 g/mol. The number of benzene rings is 2. The second kappa shape index (κ2) is 6.64. The minimum atomic E-state index is -0.373. The predicted octanol–water partition coefficient (Wildman–Crippen LogP) is 4.39. The largest absolute Gasteiger partial charge is 0.465 e. The lowest BCUT2D eigenvalue weighted by Crippen LogP contribution is -2.08. The second-order valence-electron chi connectivity index (χ2n) is 4.14. The Kier molecular flexibility index (Phi) is 4.88. The number of methoxy groups -OCH3 is 1. The Labute approximate surface area is 127 Å². The molecular weight excluding hydrogens is 297 g/mol. The first-order valence-electron chi connectivity index (χ1n) is 5.97. The van der Waals surface area contributed by atoms with Crippen LogP contribution in [0.2, 0.25) is 10.0 Å². The molecule has 2 rings (SSSR count). The number of hydrogen-bond acceptors (Lipinski definition) is 3. The fourth-order valence-electron chi connectivity index (χ4n) is 1.77. The minimum Gasteiger partial charge on any atom is -0.465 e. The Hall–Kier alpha value is -1.71. The van der Waals surface area contributed by atoms with Gasteiger partial charge in [-0.3, -0.25) is 0 Å². The van der Waals surface area contributed by atoms with E-state index in [1.54, 1.807) is 24.3 Å². The standard InChI is InChI=1S/C15H13Cl2NO2/c1-20-15(19)11-4-2-3-5-14(11)18-9-10-6-7-12(16)13(17)8-10/h2-8,18H,9H2,1H3. The zero-order valence-electron chi connectivity index (χ0n) is 10.8. The third-order valence-electron chi connectivity index (χ3n) is 2.80. The topological polar surface area (TPSA) is 38.3 Å². The molecule has 0 fully saturated rings. The number of carbonyl (C=O) groups is 1. The van der Waals surface area contributed by atoms with Crippen molar-refractivity contribution in [1.82, 2.24) is 0 Å². The summed E-state index contributed by atoms with van der Waals surface area (Å²) in [5.74, 6) is -0.373. The molecule has 3 nitrogen and oxygen atoms in total. The Morgan fingerprint density at radius 1 is 1.15 bits per heavy atom. The van der Waals surface area contributed by atoms with Crippen LogP contribution in [0.3, 0.4) is 0 Å². The van der Waals surface area contributed by atoms with Crippen molar-refractivity contribution in [2.24, 2.45) is 0 Å². The zero-order chi connectivity index (χ0) is 14.5. The summed E-state index contributed by atoms with van der Waals surface area (Å²) in [5.41, 5.74) is 2.18. The number of rotatable bonds is 4. The zero-order valence-corrected chi connectivity index (χ0v) is 12.3. The van der Waals surface area contributed by atoms with Crippen molar-refractivity contribution >= 4 is 34.9 Å². The maximum absolute atomic E-state index is 11.6. The van der Waals surface area contributed by atoms with Crippen LogP contribution in [0.15, 0.2) is 42.5 Å². The molecule has 1 N–H and O–H groups in total. The number of hydrogen-bond donors (Lipinski definition) is 1. The monoisotopic (exact) mass is 309 g/mol. The maximum Gasteiger partial charge on any atom is 0.339 e. The Bertz CT molecular complexity index is 629. The lowest BCUT2D eigenvalue weighted by Gasteiger charge is -2.11. The van der Waals surface area contributed by atoms with E-state index in [4.69, 9.17) is 27.9 Å². The van der Waals surface area contributed by atoms with Crippen molar-refractivity contribution in [3.05, 3.63) is 63.6 Å². The summed E-state index contributed by atoms with van der Waals surface area (Å²) in [5, 5.41) is 4.21. The molecule has 0 spiro atoms. The first-order chi connectivity index (χ1) is 9.61. The van der Waals surface area contributed by atoms with Crippen LogP contribution in [0.25, 0.3) is 0 Å². The summed E-state index contributed by atoms with van der Waals surface area (Å²) in [6, 6.07) is 12.6. The third kappa shape index (κ3) is 3.44. The van der Waals surface area contributed by atoms with E-state index in [1.807, 2.05) is 18.2 Å². The summed E-state index contributed by atoms with van der Waals surface area (Å²) >= 11 is 11.8. The molecule has 0 heterocycles. The smallest absolute Gasteiger partial charge is 0.339 e. The molecule has 0 saturated heterocycles. The molecule has 0 unspecified atom stereocenters. The molecule has 104 valence electrons. The highest BCUT2D eigenvalue weighted by atomic mass is 35.5. The van der Waals surface area contributed by atoms with E-state index in [0.29, 0.717) is 27.8 Å². The molecule has 0 saturated carbocycles. The van der Waals surface area contributed by atoms with E-state index < -0.39 is 0 Å². The SMILES string of the molecule is COC(=O)c1ccccc1NCc1ccc(Cl)c(Cl)c1. The summed E-state index contributed by atoms with van der Waals surface area (Å²) in [7, 11) is 1.36. The first kappa shape index (κ1) is 14.7. The van der Waals surface area contributed by atoms with Crippen molar-refractivity contribution in [3.63, 3.8) is 0 Å². The molecule has 0 aliphatic rings. The van der Waals surface area contributed by atoms with Gasteiger partial charge >= 0.3 is 5.97 Å². The Morgan fingerprint density at radius 2 is 1.90 bits per heavy atom. The number of halogens is 2. The van der Waals surface area contributed by atoms with Crippen LogP contribution in [-0.4, -0.2) is 13.1 Å². The van der Waals surface area contributed by atoms with Gasteiger partial charge in [-0.05, 0) is 29.8 Å². The molecule has 0 radical (unpaired) electrons. The van der Waals surface area contributed by atoms with Gasteiger partial charge in [-0.15, -0.1) is 0 Å². The quantitative estimate of drug-likeness (QED) is 0.851. The fraction of sp³-hybridized carbons (Fsp3) is 0.133. The Balaban J connectivity index is 2.14. The summed E-state index contributed by atoms with van der Waals surface area (Å²) in [4.78, 5) is 11.6. The molecule has 0 atom stereocenters. The van der Waals surface area contributed by atoms with Gasteiger partial charge in [0, 0.05) is 12.2 Å². The molecule has 0 aliphatic heterocycles. The molecule has 0 bridgehead atoms. The van der Waals surface area contributed by atoms with E-state index in [1.165, 1.54) is 7.11 Å². The number of ether oxygens (including phenoxy) is 1. The number of nitrogens with one attached hydrogen (secondary N) is 1. The van der Waals surface area contributed by atoms with Gasteiger partial charge in [0.15, 0.2) is 0 Å². The molecule has 0 aromatic heterocycles. The third-order valence-corrected chi connectivity index (χ3v) is 3.54. The highest BCUT2D eigenvalue weighted by molar-refractivity contribution is 6.42. The number of carbonyl (C=O) groups excluding carboxylic acids is 1. The van der Waals surface area contributed by atoms with Crippen LogP contribution in [-0.2, 0) is 11.3 Å². The molecule has 2 aromatic rings. The van der Waals surface area contributed by atoms with Crippen molar-refractivity contribution < 1.29 is 9.53 Å². The summed E-state index contributed by atoms with van der Waals surface area (Å²) < 4.78 is 4.75.